The zero-order valence-corrected chi connectivity index (χ0v) is 9.38. The minimum atomic E-state index is 1.24. The van der Waals surface area contributed by atoms with Crippen molar-refractivity contribution >= 4 is 5.52 Å². The Morgan fingerprint density at radius 1 is 1.20 bits per heavy atom. The van der Waals surface area contributed by atoms with E-state index >= 15 is 0 Å². The molecule has 2 aromatic rings. The second-order valence-corrected chi connectivity index (χ2v) is 4.56. The van der Waals surface area contributed by atoms with Gasteiger partial charge in [0.15, 0.2) is 12.4 Å². The zero-order valence-electron chi connectivity index (χ0n) is 9.38. The van der Waals surface area contributed by atoms with E-state index in [9.17, 15) is 0 Å². The van der Waals surface area contributed by atoms with Gasteiger partial charge in [0, 0.05) is 22.8 Å². The van der Waals surface area contributed by atoms with Crippen LogP contribution in [0.15, 0.2) is 24.5 Å². The van der Waals surface area contributed by atoms with Gasteiger partial charge in [0.05, 0.1) is 0 Å². The molecular formula is C14H16N+. The average molecular weight is 198 g/mol. The average Bonchev–Trinajstić information content (AvgIpc) is 2.26. The predicted molar refractivity (Wildman–Crippen MR) is 61.1 cm³/mol. The fourth-order valence-electron chi connectivity index (χ4n) is 2.71. The number of nitrogens with zero attached hydrogens (tertiary/aromatic N) is 1. The Morgan fingerprint density at radius 2 is 2.07 bits per heavy atom. The smallest absolute Gasteiger partial charge is 0.166 e. The highest BCUT2D eigenvalue weighted by Gasteiger charge is 2.21. The highest BCUT2D eigenvalue weighted by atomic mass is 14.9. The lowest BCUT2D eigenvalue weighted by Gasteiger charge is -2.15. The van der Waals surface area contributed by atoms with Gasteiger partial charge in [-0.2, -0.15) is 4.40 Å². The van der Waals surface area contributed by atoms with Crippen molar-refractivity contribution < 1.29 is 4.40 Å². The lowest BCUT2D eigenvalue weighted by Crippen LogP contribution is -2.27. The Balaban J connectivity index is 2.51. The number of hydrogen-bond donors (Lipinski definition) is 0. The van der Waals surface area contributed by atoms with Crippen LogP contribution in [0.1, 0.15) is 28.7 Å². The van der Waals surface area contributed by atoms with E-state index in [2.05, 4.69) is 42.8 Å². The molecule has 15 heavy (non-hydrogen) atoms. The first-order chi connectivity index (χ1) is 7.27. The molecule has 0 aromatic carbocycles. The molecule has 0 saturated heterocycles. The number of rotatable bonds is 0. The molecule has 0 unspecified atom stereocenters. The molecule has 0 atom stereocenters. The van der Waals surface area contributed by atoms with Crippen molar-refractivity contribution in [3.63, 3.8) is 0 Å². The van der Waals surface area contributed by atoms with Gasteiger partial charge in [-0.05, 0) is 44.7 Å². The molecule has 1 nitrogen and oxygen atoms in total. The molecule has 1 heteroatoms. The highest BCUT2D eigenvalue weighted by Crippen LogP contribution is 2.25. The SMILES string of the molecule is Cc1c[n+]2cccc3c2c(c1C)CCC3. The van der Waals surface area contributed by atoms with E-state index in [1.807, 2.05) is 0 Å². The maximum Gasteiger partial charge on any atom is 0.217 e. The second kappa shape index (κ2) is 3.06. The number of hydrogen-bond acceptors (Lipinski definition) is 0. The van der Waals surface area contributed by atoms with Crippen molar-refractivity contribution in [1.29, 1.82) is 0 Å². The van der Waals surface area contributed by atoms with Crippen LogP contribution >= 0.6 is 0 Å². The summed E-state index contributed by atoms with van der Waals surface area (Å²) in [4.78, 5) is 0. The van der Waals surface area contributed by atoms with E-state index in [1.165, 1.54) is 41.5 Å². The Morgan fingerprint density at radius 3 is 2.93 bits per heavy atom. The third-order valence-corrected chi connectivity index (χ3v) is 3.64. The molecule has 0 amide bonds. The van der Waals surface area contributed by atoms with Gasteiger partial charge < -0.3 is 0 Å². The van der Waals surface area contributed by atoms with Crippen molar-refractivity contribution in [3.05, 3.63) is 46.8 Å². The summed E-state index contributed by atoms with van der Waals surface area (Å²) in [6.07, 6.45) is 8.20. The molecule has 0 radical (unpaired) electrons. The molecule has 0 fully saturated rings. The van der Waals surface area contributed by atoms with Crippen molar-refractivity contribution in [2.45, 2.75) is 33.1 Å². The summed E-state index contributed by atoms with van der Waals surface area (Å²) in [5.41, 5.74) is 7.44. The quantitative estimate of drug-likeness (QED) is 0.573. The van der Waals surface area contributed by atoms with Gasteiger partial charge in [0.2, 0.25) is 5.52 Å². The first-order valence-electron chi connectivity index (χ1n) is 5.69. The third-order valence-electron chi connectivity index (χ3n) is 3.64. The normalized spacial score (nSPS) is 14.5. The summed E-state index contributed by atoms with van der Waals surface area (Å²) >= 11 is 0. The van der Waals surface area contributed by atoms with Crippen LogP contribution < -0.4 is 4.40 Å². The summed E-state index contributed by atoms with van der Waals surface area (Å²) in [6.45, 7) is 4.46. The minimum Gasteiger partial charge on any atom is -0.166 e. The molecule has 2 heterocycles. The Kier molecular flexibility index (Phi) is 1.82. The first kappa shape index (κ1) is 8.90. The van der Waals surface area contributed by atoms with Crippen LogP contribution in [-0.4, -0.2) is 0 Å². The standard InChI is InChI=1S/C14H16N/c1-10-9-15-8-4-6-12-5-3-7-13(11(10)2)14(12)15/h4,6,8-9H,3,5,7H2,1-2H3/q+1. The monoisotopic (exact) mass is 198 g/mol. The molecule has 0 aliphatic heterocycles. The molecular weight excluding hydrogens is 182 g/mol. The molecule has 0 saturated carbocycles. The van der Waals surface area contributed by atoms with Crippen molar-refractivity contribution in [3.8, 4) is 0 Å². The fraction of sp³-hybridized carbons (Fsp3) is 0.357. The molecule has 76 valence electrons. The van der Waals surface area contributed by atoms with Crippen LogP contribution in [0, 0.1) is 13.8 Å². The van der Waals surface area contributed by atoms with Gasteiger partial charge >= 0.3 is 0 Å². The summed E-state index contributed by atoms with van der Waals surface area (Å²) in [5, 5.41) is 0. The van der Waals surface area contributed by atoms with Crippen molar-refractivity contribution in [2.24, 2.45) is 0 Å². The molecule has 3 rings (SSSR count). The van der Waals surface area contributed by atoms with E-state index in [4.69, 9.17) is 0 Å². The molecule has 2 aromatic heterocycles. The van der Waals surface area contributed by atoms with E-state index < -0.39 is 0 Å². The zero-order chi connectivity index (χ0) is 10.4. The Hall–Kier alpha value is -1.37. The summed E-state index contributed by atoms with van der Waals surface area (Å²) in [5.74, 6) is 0. The fourth-order valence-corrected chi connectivity index (χ4v) is 2.71. The van der Waals surface area contributed by atoms with Gasteiger partial charge in [-0.15, -0.1) is 0 Å². The van der Waals surface area contributed by atoms with Gasteiger partial charge in [0.1, 0.15) is 0 Å². The van der Waals surface area contributed by atoms with Crippen LogP contribution in [0.3, 0.4) is 0 Å². The number of aromatic nitrogens is 1. The van der Waals surface area contributed by atoms with Gasteiger partial charge in [-0.25, -0.2) is 0 Å². The largest absolute Gasteiger partial charge is 0.217 e. The third kappa shape index (κ3) is 1.19. The van der Waals surface area contributed by atoms with Crippen molar-refractivity contribution in [2.75, 3.05) is 0 Å². The Bertz CT molecular complexity index is 541. The van der Waals surface area contributed by atoms with Crippen LogP contribution in [0.2, 0.25) is 0 Å². The summed E-state index contributed by atoms with van der Waals surface area (Å²) in [6, 6.07) is 4.43. The van der Waals surface area contributed by atoms with Crippen LogP contribution in [-0.2, 0) is 12.8 Å². The van der Waals surface area contributed by atoms with Crippen LogP contribution in [0.25, 0.3) is 5.52 Å². The van der Waals surface area contributed by atoms with Gasteiger partial charge in [-0.3, -0.25) is 0 Å². The second-order valence-electron chi connectivity index (χ2n) is 4.56. The van der Waals surface area contributed by atoms with E-state index in [0.717, 1.165) is 0 Å². The first-order valence-corrected chi connectivity index (χ1v) is 5.69. The highest BCUT2D eigenvalue weighted by molar-refractivity contribution is 5.60. The summed E-state index contributed by atoms with van der Waals surface area (Å²) < 4.78 is 2.30. The van der Waals surface area contributed by atoms with E-state index in [-0.39, 0.29) is 0 Å². The van der Waals surface area contributed by atoms with Gasteiger partial charge in [0.25, 0.3) is 0 Å². The molecule has 0 spiro atoms. The minimum absolute atomic E-state index is 1.24. The molecule has 0 N–H and O–H groups in total. The lowest BCUT2D eigenvalue weighted by atomic mass is 9.90. The number of aryl methyl sites for hydroxylation is 3. The van der Waals surface area contributed by atoms with Crippen LogP contribution in [0.4, 0.5) is 0 Å². The van der Waals surface area contributed by atoms with Crippen molar-refractivity contribution in [1.82, 2.24) is 0 Å². The summed E-state index contributed by atoms with van der Waals surface area (Å²) in [7, 11) is 0. The topological polar surface area (TPSA) is 4.10 Å². The predicted octanol–water partition coefficient (Wildman–Crippen LogP) is 2.53. The maximum absolute atomic E-state index is 2.30. The molecule has 1 aliphatic carbocycles. The molecule has 1 aliphatic rings. The Labute approximate surface area is 90.4 Å². The molecule has 0 bridgehead atoms. The van der Waals surface area contributed by atoms with Crippen LogP contribution in [0.5, 0.6) is 0 Å². The van der Waals surface area contributed by atoms with E-state index in [1.54, 1.807) is 5.56 Å². The number of pyridine rings is 2. The lowest BCUT2D eigenvalue weighted by molar-refractivity contribution is -0.513. The van der Waals surface area contributed by atoms with E-state index in [0.29, 0.717) is 0 Å². The maximum atomic E-state index is 2.30. The van der Waals surface area contributed by atoms with Gasteiger partial charge in [-0.1, -0.05) is 0 Å².